The Labute approximate surface area is 152 Å². The molecule has 1 aromatic heterocycles. The van der Waals surface area contributed by atoms with Gasteiger partial charge in [-0.3, -0.25) is 4.79 Å². The van der Waals surface area contributed by atoms with E-state index >= 15 is 0 Å². The van der Waals surface area contributed by atoms with Crippen LogP contribution in [0.25, 0.3) is 0 Å². The molecule has 0 unspecified atom stereocenters. The highest BCUT2D eigenvalue weighted by Crippen LogP contribution is 2.23. The van der Waals surface area contributed by atoms with Gasteiger partial charge in [-0.1, -0.05) is 38.0 Å². The highest BCUT2D eigenvalue weighted by Gasteiger charge is 2.23. The van der Waals surface area contributed by atoms with Crippen molar-refractivity contribution in [2.24, 2.45) is 5.92 Å². The minimum absolute atomic E-state index is 0.0664. The zero-order valence-electron chi connectivity index (χ0n) is 14.3. The van der Waals surface area contributed by atoms with Crippen molar-refractivity contribution in [2.75, 3.05) is 0 Å². The van der Waals surface area contributed by atoms with Gasteiger partial charge < -0.3 is 14.5 Å². The van der Waals surface area contributed by atoms with Crippen LogP contribution in [0.1, 0.15) is 38.5 Å². The molecule has 0 aliphatic heterocycles. The van der Waals surface area contributed by atoms with Crippen molar-refractivity contribution in [3.8, 4) is 5.75 Å². The molecular weight excluding hydrogens is 338 g/mol. The second kappa shape index (κ2) is 8.29. The van der Waals surface area contributed by atoms with Gasteiger partial charge in [-0.15, -0.1) is 5.10 Å². The lowest BCUT2D eigenvalue weighted by Gasteiger charge is -2.29. The highest BCUT2D eigenvalue weighted by molar-refractivity contribution is 7.71. The average Bonchev–Trinajstić information content (AvgIpc) is 2.96. The molecule has 2 atom stereocenters. The molecule has 1 fully saturated rings. The van der Waals surface area contributed by atoms with E-state index in [-0.39, 0.29) is 29.9 Å². The van der Waals surface area contributed by atoms with E-state index in [1.165, 1.54) is 17.5 Å². The first-order valence-electron chi connectivity index (χ1n) is 8.66. The third kappa shape index (κ3) is 4.92. The summed E-state index contributed by atoms with van der Waals surface area (Å²) in [6.07, 6.45) is 4.61. The molecule has 1 saturated carbocycles. The zero-order valence-corrected chi connectivity index (χ0v) is 15.1. The van der Waals surface area contributed by atoms with Crippen LogP contribution in [0.2, 0.25) is 0 Å². The first kappa shape index (κ1) is 17.7. The van der Waals surface area contributed by atoms with E-state index < -0.39 is 0 Å². The number of hydrogen-bond donors (Lipinski definition) is 1. The average molecular weight is 361 g/mol. The van der Waals surface area contributed by atoms with Crippen LogP contribution in [0.15, 0.2) is 34.7 Å². The molecule has 1 aliphatic carbocycles. The Morgan fingerprint density at radius 2 is 2.12 bits per heavy atom. The summed E-state index contributed by atoms with van der Waals surface area (Å²) in [7, 11) is 0. The fraction of sp³-hybridized carbons (Fsp3) is 0.500. The molecule has 0 radical (unpaired) electrons. The van der Waals surface area contributed by atoms with E-state index in [1.54, 1.807) is 0 Å². The summed E-state index contributed by atoms with van der Waals surface area (Å²) in [6.45, 7) is 2.42. The molecule has 1 aliphatic rings. The number of carbonyl (C=O) groups excluding carboxylic acids is 1. The number of ether oxygens (including phenoxy) is 1. The van der Waals surface area contributed by atoms with Gasteiger partial charge in [0.15, 0.2) is 6.61 Å². The monoisotopic (exact) mass is 361 g/mol. The van der Waals surface area contributed by atoms with Gasteiger partial charge in [-0.25, -0.2) is 4.68 Å². The van der Waals surface area contributed by atoms with Gasteiger partial charge in [-0.2, -0.15) is 0 Å². The molecule has 134 valence electrons. The van der Waals surface area contributed by atoms with E-state index in [0.717, 1.165) is 18.6 Å². The number of nitrogens with one attached hydrogen (secondary N) is 1. The quantitative estimate of drug-likeness (QED) is 0.798. The summed E-state index contributed by atoms with van der Waals surface area (Å²) in [4.78, 5) is 12.5. The number of hydrogen-bond acceptors (Lipinski definition) is 5. The van der Waals surface area contributed by atoms with Gasteiger partial charge in [0.05, 0.1) is 0 Å². The van der Waals surface area contributed by atoms with Crippen LogP contribution < -0.4 is 10.1 Å². The lowest BCUT2D eigenvalue weighted by Crippen LogP contribution is -2.42. The van der Waals surface area contributed by atoms with Crippen molar-refractivity contribution >= 4 is 18.1 Å². The number of aromatic nitrogens is 2. The minimum Gasteiger partial charge on any atom is -0.484 e. The maximum Gasteiger partial charge on any atom is 0.287 e. The second-order valence-electron chi connectivity index (χ2n) is 6.46. The summed E-state index contributed by atoms with van der Waals surface area (Å²) in [5.41, 5.74) is 0. The molecule has 0 saturated heterocycles. The highest BCUT2D eigenvalue weighted by atomic mass is 32.1. The SMILES string of the molecule is C[C@H]1CCCC[C@H]1NC(=O)Cn1nc(COc2ccccc2)oc1=S. The maximum atomic E-state index is 12.3. The first-order valence-corrected chi connectivity index (χ1v) is 9.06. The largest absolute Gasteiger partial charge is 0.484 e. The van der Waals surface area contributed by atoms with E-state index in [0.29, 0.717) is 11.8 Å². The van der Waals surface area contributed by atoms with Crippen LogP contribution in [0.3, 0.4) is 0 Å². The Hall–Kier alpha value is -2.15. The van der Waals surface area contributed by atoms with Crippen LogP contribution in [0.4, 0.5) is 0 Å². The lowest BCUT2D eigenvalue weighted by atomic mass is 9.86. The number of amides is 1. The molecule has 1 heterocycles. The van der Waals surface area contributed by atoms with E-state index in [1.807, 2.05) is 30.3 Å². The lowest BCUT2D eigenvalue weighted by molar-refractivity contribution is -0.123. The normalized spacial score (nSPS) is 20.2. The molecule has 0 bridgehead atoms. The number of para-hydroxylation sites is 1. The van der Waals surface area contributed by atoms with Crippen molar-refractivity contribution in [3.63, 3.8) is 0 Å². The van der Waals surface area contributed by atoms with Gasteiger partial charge in [0, 0.05) is 6.04 Å². The summed E-state index contributed by atoms with van der Waals surface area (Å²) in [5, 5.41) is 7.33. The Morgan fingerprint density at radius 3 is 2.88 bits per heavy atom. The van der Waals surface area contributed by atoms with E-state index in [2.05, 4.69) is 17.3 Å². The minimum atomic E-state index is -0.0846. The Kier molecular flexibility index (Phi) is 5.86. The third-order valence-electron chi connectivity index (χ3n) is 4.50. The second-order valence-corrected chi connectivity index (χ2v) is 6.81. The van der Waals surface area contributed by atoms with Crippen LogP contribution >= 0.6 is 12.2 Å². The molecule has 25 heavy (non-hydrogen) atoms. The maximum absolute atomic E-state index is 12.3. The standard InChI is InChI=1S/C18H23N3O3S/c1-13-7-5-6-10-15(13)19-16(22)11-21-18(25)24-17(20-21)12-23-14-8-3-2-4-9-14/h2-4,8-9,13,15H,5-7,10-12H2,1H3,(H,19,22)/t13-,15+/m0/s1. The van der Waals surface area contributed by atoms with Crippen molar-refractivity contribution in [2.45, 2.75) is 51.8 Å². The summed E-state index contributed by atoms with van der Waals surface area (Å²) in [5.74, 6) is 1.51. The van der Waals surface area contributed by atoms with Gasteiger partial charge >= 0.3 is 0 Å². The van der Waals surface area contributed by atoms with Gasteiger partial charge in [-0.05, 0) is 43.1 Å². The zero-order chi connectivity index (χ0) is 17.6. The Bertz CT molecular complexity index is 756. The molecule has 3 rings (SSSR count). The summed E-state index contributed by atoms with van der Waals surface area (Å²) in [6, 6.07) is 9.64. The summed E-state index contributed by atoms with van der Waals surface area (Å²) >= 11 is 5.15. The molecule has 1 amide bonds. The topological polar surface area (TPSA) is 69.3 Å². The predicted octanol–water partition coefficient (Wildman–Crippen LogP) is 3.48. The van der Waals surface area contributed by atoms with E-state index in [9.17, 15) is 4.79 Å². The van der Waals surface area contributed by atoms with Gasteiger partial charge in [0.25, 0.3) is 10.7 Å². The molecule has 2 aromatic rings. The molecule has 6 nitrogen and oxygen atoms in total. The molecule has 0 spiro atoms. The number of benzene rings is 1. The smallest absolute Gasteiger partial charge is 0.287 e. The van der Waals surface area contributed by atoms with Crippen LogP contribution in [0.5, 0.6) is 5.75 Å². The van der Waals surface area contributed by atoms with E-state index in [4.69, 9.17) is 21.4 Å². The Balaban J connectivity index is 1.55. The summed E-state index contributed by atoms with van der Waals surface area (Å²) < 4.78 is 12.4. The molecular formula is C18H23N3O3S. The molecule has 1 N–H and O–H groups in total. The molecule has 1 aromatic carbocycles. The number of nitrogens with zero attached hydrogens (tertiary/aromatic N) is 2. The van der Waals surface area contributed by atoms with Gasteiger partial charge in [0.1, 0.15) is 12.3 Å². The number of rotatable bonds is 6. The first-order chi connectivity index (χ1) is 12.1. The van der Waals surface area contributed by atoms with Crippen molar-refractivity contribution in [1.29, 1.82) is 0 Å². The van der Waals surface area contributed by atoms with Crippen LogP contribution in [-0.4, -0.2) is 21.7 Å². The van der Waals surface area contributed by atoms with Crippen LogP contribution in [-0.2, 0) is 17.9 Å². The Morgan fingerprint density at radius 1 is 1.36 bits per heavy atom. The predicted molar refractivity (Wildman–Crippen MR) is 95.7 cm³/mol. The van der Waals surface area contributed by atoms with Crippen molar-refractivity contribution < 1.29 is 13.9 Å². The third-order valence-corrected chi connectivity index (χ3v) is 4.80. The molecule has 7 heteroatoms. The van der Waals surface area contributed by atoms with Crippen LogP contribution in [0, 0.1) is 10.8 Å². The van der Waals surface area contributed by atoms with Gasteiger partial charge in [0.2, 0.25) is 5.91 Å². The fourth-order valence-corrected chi connectivity index (χ4v) is 3.29. The fourth-order valence-electron chi connectivity index (χ4n) is 3.09. The van der Waals surface area contributed by atoms with Crippen molar-refractivity contribution in [1.82, 2.24) is 15.1 Å². The van der Waals surface area contributed by atoms with Crippen molar-refractivity contribution in [3.05, 3.63) is 41.1 Å². The number of carbonyl (C=O) groups is 1.